The van der Waals surface area contributed by atoms with Gasteiger partial charge in [-0.1, -0.05) is 50.2 Å². The van der Waals surface area contributed by atoms with Crippen molar-refractivity contribution in [3.05, 3.63) is 59.7 Å². The molecule has 1 aliphatic heterocycles. The van der Waals surface area contributed by atoms with Gasteiger partial charge in [0, 0.05) is 44.2 Å². The Hall–Kier alpha value is -1.79. The van der Waals surface area contributed by atoms with Crippen LogP contribution in [0.15, 0.2) is 48.5 Å². The van der Waals surface area contributed by atoms with E-state index >= 15 is 0 Å². The Morgan fingerprint density at radius 2 is 1.73 bits per heavy atom. The molecular formula is C24H35ClN2O3. The highest BCUT2D eigenvalue weighted by Crippen LogP contribution is 2.41. The van der Waals surface area contributed by atoms with Crippen LogP contribution in [0.4, 0.5) is 0 Å². The number of hydrogen-bond donors (Lipinski definition) is 2. The van der Waals surface area contributed by atoms with Crippen molar-refractivity contribution in [1.82, 2.24) is 10.2 Å². The monoisotopic (exact) mass is 434 g/mol. The number of rotatable bonds is 9. The number of aliphatic hydroxyl groups is 1. The van der Waals surface area contributed by atoms with Gasteiger partial charge in [0.1, 0.15) is 6.61 Å². The van der Waals surface area contributed by atoms with Crippen molar-refractivity contribution in [3.63, 3.8) is 0 Å². The molecule has 0 bridgehead atoms. The summed E-state index contributed by atoms with van der Waals surface area (Å²) in [5, 5.41) is 13.5. The maximum atomic E-state index is 10.1. The summed E-state index contributed by atoms with van der Waals surface area (Å²) in [7, 11) is 0. The summed E-state index contributed by atoms with van der Waals surface area (Å²) in [5.41, 5.74) is 2.01. The van der Waals surface area contributed by atoms with Crippen LogP contribution in [0, 0.1) is 5.41 Å². The highest BCUT2D eigenvalue weighted by molar-refractivity contribution is 5.85. The molecule has 2 aromatic carbocycles. The highest BCUT2D eigenvalue weighted by Gasteiger charge is 2.36. The Bertz CT molecular complexity index is 764. The summed E-state index contributed by atoms with van der Waals surface area (Å²) in [5.74, 6) is 1.51. The van der Waals surface area contributed by atoms with Crippen LogP contribution < -0.4 is 14.8 Å². The van der Waals surface area contributed by atoms with E-state index in [9.17, 15) is 5.11 Å². The Balaban J connectivity index is 0.00000320. The van der Waals surface area contributed by atoms with Crippen LogP contribution in [0.1, 0.15) is 37.9 Å². The van der Waals surface area contributed by atoms with Crippen LogP contribution in [0.2, 0.25) is 0 Å². The molecule has 0 radical (unpaired) electrons. The molecule has 0 aromatic heterocycles. The number of benzene rings is 2. The number of aliphatic hydroxyl groups excluding tert-OH is 1. The van der Waals surface area contributed by atoms with E-state index in [0.29, 0.717) is 13.2 Å². The molecule has 1 saturated heterocycles. The van der Waals surface area contributed by atoms with Crippen molar-refractivity contribution in [1.29, 1.82) is 0 Å². The molecular weight excluding hydrogens is 400 g/mol. The smallest absolute Gasteiger partial charge is 0.161 e. The molecule has 5 nitrogen and oxygen atoms in total. The third-order valence-electron chi connectivity index (χ3n) is 5.48. The van der Waals surface area contributed by atoms with Gasteiger partial charge < -0.3 is 19.9 Å². The molecule has 1 heterocycles. The first-order valence-electron chi connectivity index (χ1n) is 10.5. The summed E-state index contributed by atoms with van der Waals surface area (Å²) in [6, 6.07) is 16.5. The van der Waals surface area contributed by atoms with Crippen molar-refractivity contribution in [2.24, 2.45) is 5.41 Å². The van der Waals surface area contributed by atoms with E-state index in [1.54, 1.807) is 0 Å². The second-order valence-electron chi connectivity index (χ2n) is 8.25. The largest absolute Gasteiger partial charge is 0.490 e. The summed E-state index contributed by atoms with van der Waals surface area (Å²) in [4.78, 5) is 2.46. The Kier molecular flexibility index (Phi) is 9.43. The van der Waals surface area contributed by atoms with Gasteiger partial charge in [-0.15, -0.1) is 12.4 Å². The molecule has 3 rings (SSSR count). The van der Waals surface area contributed by atoms with Gasteiger partial charge in [0.2, 0.25) is 0 Å². The standard InChI is InChI=1S/C24H34N2O3.ClH/c1-4-28-22-16-20(10-11-21(22)29-17-19-8-6-5-7-9-19)23(24(2,3)18-27)26-14-12-25-13-15-26;/h5-11,16,23,25,27H,4,12-15,17-18H2,1-3H3;1H/t23-;/m0./s1. The lowest BCUT2D eigenvalue weighted by molar-refractivity contribution is 0.0303. The van der Waals surface area contributed by atoms with Crippen molar-refractivity contribution >= 4 is 12.4 Å². The number of halogens is 1. The van der Waals surface area contributed by atoms with E-state index in [1.807, 2.05) is 31.2 Å². The van der Waals surface area contributed by atoms with Gasteiger partial charge in [0.05, 0.1) is 6.61 Å². The molecule has 1 fully saturated rings. The van der Waals surface area contributed by atoms with Crippen LogP contribution in [-0.4, -0.2) is 49.4 Å². The third-order valence-corrected chi connectivity index (χ3v) is 5.48. The normalized spacial score (nSPS) is 15.9. The van der Waals surface area contributed by atoms with E-state index < -0.39 is 0 Å². The van der Waals surface area contributed by atoms with E-state index in [2.05, 4.69) is 48.3 Å². The van der Waals surface area contributed by atoms with Crippen LogP contribution in [-0.2, 0) is 6.61 Å². The fraction of sp³-hybridized carbons (Fsp3) is 0.500. The van der Waals surface area contributed by atoms with Crippen molar-refractivity contribution in [2.45, 2.75) is 33.4 Å². The van der Waals surface area contributed by atoms with Crippen LogP contribution in [0.5, 0.6) is 11.5 Å². The second-order valence-corrected chi connectivity index (χ2v) is 8.25. The molecule has 6 heteroatoms. The molecule has 166 valence electrons. The summed E-state index contributed by atoms with van der Waals surface area (Å²) < 4.78 is 12.0. The minimum absolute atomic E-state index is 0. The molecule has 0 spiro atoms. The number of nitrogens with zero attached hydrogens (tertiary/aromatic N) is 1. The highest BCUT2D eigenvalue weighted by atomic mass is 35.5. The van der Waals surface area contributed by atoms with Crippen LogP contribution >= 0.6 is 12.4 Å². The first-order valence-corrected chi connectivity index (χ1v) is 10.5. The fourth-order valence-electron chi connectivity index (χ4n) is 4.00. The van der Waals surface area contributed by atoms with Crippen molar-refractivity contribution in [3.8, 4) is 11.5 Å². The average molecular weight is 435 g/mol. The molecule has 0 aliphatic carbocycles. The zero-order chi connectivity index (χ0) is 20.7. The van der Waals surface area contributed by atoms with Gasteiger partial charge in [-0.05, 0) is 30.2 Å². The number of hydrogen-bond acceptors (Lipinski definition) is 5. The van der Waals surface area contributed by atoms with Gasteiger partial charge in [-0.3, -0.25) is 4.90 Å². The zero-order valence-corrected chi connectivity index (χ0v) is 19.1. The van der Waals surface area contributed by atoms with E-state index in [0.717, 1.165) is 48.8 Å². The predicted octanol–water partition coefficient (Wildman–Crippen LogP) is 4.05. The van der Waals surface area contributed by atoms with E-state index in [-0.39, 0.29) is 30.5 Å². The molecule has 1 atom stereocenters. The lowest BCUT2D eigenvalue weighted by Gasteiger charge is -2.43. The third kappa shape index (κ3) is 6.11. The Morgan fingerprint density at radius 1 is 1.03 bits per heavy atom. The molecule has 30 heavy (non-hydrogen) atoms. The Morgan fingerprint density at radius 3 is 2.37 bits per heavy atom. The predicted molar refractivity (Wildman–Crippen MR) is 124 cm³/mol. The molecule has 0 amide bonds. The summed E-state index contributed by atoms with van der Waals surface area (Å²) in [6.07, 6.45) is 0. The topological polar surface area (TPSA) is 54.0 Å². The SMILES string of the molecule is CCOc1cc([C@H](N2CCNCC2)C(C)(C)CO)ccc1OCc1ccccc1.Cl. The van der Waals surface area contributed by atoms with Crippen LogP contribution in [0.25, 0.3) is 0 Å². The van der Waals surface area contributed by atoms with Gasteiger partial charge in [-0.2, -0.15) is 0 Å². The second kappa shape index (κ2) is 11.6. The number of piperazine rings is 1. The summed E-state index contributed by atoms with van der Waals surface area (Å²) in [6.45, 7) is 11.3. The fourth-order valence-corrected chi connectivity index (χ4v) is 4.00. The quantitative estimate of drug-likeness (QED) is 0.623. The van der Waals surface area contributed by atoms with Crippen molar-refractivity contribution < 1.29 is 14.6 Å². The molecule has 0 saturated carbocycles. The van der Waals surface area contributed by atoms with Gasteiger partial charge in [0.25, 0.3) is 0 Å². The maximum Gasteiger partial charge on any atom is 0.161 e. The van der Waals surface area contributed by atoms with Gasteiger partial charge in [0.15, 0.2) is 11.5 Å². The van der Waals surface area contributed by atoms with Crippen molar-refractivity contribution in [2.75, 3.05) is 39.4 Å². The first-order chi connectivity index (χ1) is 14.0. The average Bonchev–Trinajstić information content (AvgIpc) is 2.75. The first kappa shape index (κ1) is 24.5. The Labute approximate surface area is 186 Å². The maximum absolute atomic E-state index is 10.1. The molecule has 0 unspecified atom stereocenters. The van der Waals surface area contributed by atoms with Gasteiger partial charge in [-0.25, -0.2) is 0 Å². The molecule has 1 aliphatic rings. The minimum atomic E-state index is -0.271. The van der Waals surface area contributed by atoms with Crippen LogP contribution in [0.3, 0.4) is 0 Å². The number of nitrogens with one attached hydrogen (secondary N) is 1. The van der Waals surface area contributed by atoms with Gasteiger partial charge >= 0.3 is 0 Å². The minimum Gasteiger partial charge on any atom is -0.490 e. The lowest BCUT2D eigenvalue weighted by Crippen LogP contribution is -2.49. The zero-order valence-electron chi connectivity index (χ0n) is 18.3. The lowest BCUT2D eigenvalue weighted by atomic mass is 9.79. The molecule has 2 N–H and O–H groups in total. The van der Waals surface area contributed by atoms with E-state index in [4.69, 9.17) is 9.47 Å². The summed E-state index contributed by atoms with van der Waals surface area (Å²) >= 11 is 0. The van der Waals surface area contributed by atoms with E-state index in [1.165, 1.54) is 0 Å². The molecule has 2 aromatic rings. The number of ether oxygens (including phenoxy) is 2.